The van der Waals surface area contributed by atoms with Crippen LogP contribution in [0.3, 0.4) is 0 Å². The maximum Gasteiger partial charge on any atom is 0.0612 e. The quantitative estimate of drug-likeness (QED) is 0.599. The first-order valence-corrected chi connectivity index (χ1v) is 4.03. The van der Waals surface area contributed by atoms with Crippen LogP contribution in [0.15, 0.2) is 0 Å². The van der Waals surface area contributed by atoms with Crippen LogP contribution in [0.1, 0.15) is 26.7 Å². The molecule has 10 heavy (non-hydrogen) atoms. The Bertz CT molecular complexity index is 103. The van der Waals surface area contributed by atoms with E-state index in [4.69, 9.17) is 4.74 Å². The predicted molar refractivity (Wildman–Crippen MR) is 39.8 cm³/mol. The molecule has 1 rings (SSSR count). The predicted octanol–water partition coefficient (Wildman–Crippen LogP) is 1.18. The SMILES string of the molecule is CCC1CC(O)C(C)CO1. The van der Waals surface area contributed by atoms with Crippen molar-refractivity contribution in [1.82, 2.24) is 0 Å². The summed E-state index contributed by atoms with van der Waals surface area (Å²) < 4.78 is 5.45. The Hall–Kier alpha value is -0.0800. The zero-order chi connectivity index (χ0) is 7.56. The van der Waals surface area contributed by atoms with Gasteiger partial charge in [-0.1, -0.05) is 13.8 Å². The lowest BCUT2D eigenvalue weighted by Crippen LogP contribution is -2.35. The van der Waals surface area contributed by atoms with Crippen LogP contribution < -0.4 is 0 Å². The Balaban J connectivity index is 2.33. The molecule has 0 aromatic heterocycles. The molecule has 0 aliphatic carbocycles. The van der Waals surface area contributed by atoms with Crippen LogP contribution >= 0.6 is 0 Å². The second kappa shape index (κ2) is 3.35. The molecule has 0 saturated carbocycles. The minimum absolute atomic E-state index is 0.140. The molecule has 1 saturated heterocycles. The molecule has 3 unspecified atom stereocenters. The Morgan fingerprint density at radius 2 is 2.30 bits per heavy atom. The molecule has 0 aromatic carbocycles. The van der Waals surface area contributed by atoms with Crippen molar-refractivity contribution in [3.8, 4) is 0 Å². The van der Waals surface area contributed by atoms with Gasteiger partial charge in [-0.2, -0.15) is 0 Å². The van der Waals surface area contributed by atoms with Gasteiger partial charge in [0.15, 0.2) is 0 Å². The molecule has 60 valence electrons. The molecule has 0 spiro atoms. The van der Waals surface area contributed by atoms with E-state index in [1.165, 1.54) is 0 Å². The third-order valence-electron chi connectivity index (χ3n) is 2.21. The highest BCUT2D eigenvalue weighted by Gasteiger charge is 2.25. The highest BCUT2D eigenvalue weighted by molar-refractivity contribution is 4.74. The van der Waals surface area contributed by atoms with Crippen LogP contribution in [-0.4, -0.2) is 23.9 Å². The molecular weight excluding hydrogens is 128 g/mol. The lowest BCUT2D eigenvalue weighted by atomic mass is 9.96. The monoisotopic (exact) mass is 144 g/mol. The standard InChI is InChI=1S/C8H16O2/c1-3-7-4-8(9)6(2)5-10-7/h6-9H,3-5H2,1-2H3. The lowest BCUT2D eigenvalue weighted by Gasteiger charge is -2.30. The number of aliphatic hydroxyl groups excluding tert-OH is 1. The largest absolute Gasteiger partial charge is 0.393 e. The zero-order valence-corrected chi connectivity index (χ0v) is 6.71. The summed E-state index contributed by atoms with van der Waals surface area (Å²) in [6.07, 6.45) is 1.99. The number of aliphatic hydroxyl groups is 1. The van der Waals surface area contributed by atoms with Gasteiger partial charge in [0.25, 0.3) is 0 Å². The van der Waals surface area contributed by atoms with Crippen molar-refractivity contribution in [2.24, 2.45) is 5.92 Å². The van der Waals surface area contributed by atoms with Gasteiger partial charge in [0.2, 0.25) is 0 Å². The maximum absolute atomic E-state index is 9.40. The van der Waals surface area contributed by atoms with Crippen molar-refractivity contribution < 1.29 is 9.84 Å². The van der Waals surface area contributed by atoms with Gasteiger partial charge in [0.1, 0.15) is 0 Å². The van der Waals surface area contributed by atoms with Crippen molar-refractivity contribution in [2.75, 3.05) is 6.61 Å². The van der Waals surface area contributed by atoms with E-state index >= 15 is 0 Å². The second-order valence-corrected chi connectivity index (χ2v) is 3.14. The van der Waals surface area contributed by atoms with Crippen molar-refractivity contribution in [3.63, 3.8) is 0 Å². The molecule has 1 aliphatic rings. The minimum atomic E-state index is -0.140. The van der Waals surface area contributed by atoms with Crippen LogP contribution in [-0.2, 0) is 4.74 Å². The first-order chi connectivity index (χ1) is 4.74. The van der Waals surface area contributed by atoms with Crippen LogP contribution in [0, 0.1) is 5.92 Å². The van der Waals surface area contributed by atoms with E-state index in [-0.39, 0.29) is 6.10 Å². The lowest BCUT2D eigenvalue weighted by molar-refractivity contribution is -0.0780. The van der Waals surface area contributed by atoms with E-state index in [0.717, 1.165) is 19.4 Å². The number of hydrogen-bond donors (Lipinski definition) is 1. The third kappa shape index (κ3) is 1.70. The van der Waals surface area contributed by atoms with Gasteiger partial charge in [-0.25, -0.2) is 0 Å². The van der Waals surface area contributed by atoms with E-state index < -0.39 is 0 Å². The summed E-state index contributed by atoms with van der Waals surface area (Å²) in [6, 6.07) is 0. The van der Waals surface area contributed by atoms with Crippen molar-refractivity contribution in [1.29, 1.82) is 0 Å². The van der Waals surface area contributed by atoms with E-state index in [0.29, 0.717) is 12.0 Å². The minimum Gasteiger partial charge on any atom is -0.393 e. The second-order valence-electron chi connectivity index (χ2n) is 3.14. The number of hydrogen-bond acceptors (Lipinski definition) is 2. The van der Waals surface area contributed by atoms with Gasteiger partial charge in [-0.15, -0.1) is 0 Å². The van der Waals surface area contributed by atoms with Crippen LogP contribution in [0.2, 0.25) is 0 Å². The van der Waals surface area contributed by atoms with E-state index in [2.05, 4.69) is 6.92 Å². The summed E-state index contributed by atoms with van der Waals surface area (Å²) in [5.41, 5.74) is 0. The highest BCUT2D eigenvalue weighted by Crippen LogP contribution is 2.20. The average molecular weight is 144 g/mol. The van der Waals surface area contributed by atoms with Crippen molar-refractivity contribution in [2.45, 2.75) is 38.9 Å². The van der Waals surface area contributed by atoms with E-state index in [1.54, 1.807) is 0 Å². The summed E-state index contributed by atoms with van der Waals surface area (Å²) in [4.78, 5) is 0. The van der Waals surface area contributed by atoms with E-state index in [9.17, 15) is 5.11 Å². The van der Waals surface area contributed by atoms with Gasteiger partial charge in [-0.3, -0.25) is 0 Å². The summed E-state index contributed by atoms with van der Waals surface area (Å²) >= 11 is 0. The summed E-state index contributed by atoms with van der Waals surface area (Å²) in [5.74, 6) is 0.322. The number of rotatable bonds is 1. The fourth-order valence-corrected chi connectivity index (χ4v) is 1.25. The van der Waals surface area contributed by atoms with E-state index in [1.807, 2.05) is 6.92 Å². The maximum atomic E-state index is 9.40. The first kappa shape index (κ1) is 8.02. The summed E-state index contributed by atoms with van der Waals surface area (Å²) in [5, 5.41) is 9.40. The normalized spacial score (nSPS) is 41.7. The Morgan fingerprint density at radius 1 is 1.60 bits per heavy atom. The summed E-state index contributed by atoms with van der Waals surface area (Å²) in [6.45, 7) is 4.84. The van der Waals surface area contributed by atoms with Crippen molar-refractivity contribution >= 4 is 0 Å². The number of ether oxygens (including phenoxy) is 1. The molecule has 1 N–H and O–H groups in total. The zero-order valence-electron chi connectivity index (χ0n) is 6.71. The summed E-state index contributed by atoms with van der Waals surface area (Å²) in [7, 11) is 0. The van der Waals surface area contributed by atoms with Gasteiger partial charge < -0.3 is 9.84 Å². The molecule has 2 heteroatoms. The Morgan fingerprint density at radius 3 is 2.80 bits per heavy atom. The first-order valence-electron chi connectivity index (χ1n) is 4.03. The fourth-order valence-electron chi connectivity index (χ4n) is 1.25. The molecule has 0 radical (unpaired) electrons. The van der Waals surface area contributed by atoms with Gasteiger partial charge in [-0.05, 0) is 12.8 Å². The molecular formula is C8H16O2. The van der Waals surface area contributed by atoms with Gasteiger partial charge in [0, 0.05) is 5.92 Å². The van der Waals surface area contributed by atoms with Crippen LogP contribution in [0.25, 0.3) is 0 Å². The fraction of sp³-hybridized carbons (Fsp3) is 1.00. The highest BCUT2D eigenvalue weighted by atomic mass is 16.5. The van der Waals surface area contributed by atoms with Gasteiger partial charge in [0.05, 0.1) is 18.8 Å². The molecule has 0 amide bonds. The molecule has 0 bridgehead atoms. The van der Waals surface area contributed by atoms with Crippen molar-refractivity contribution in [3.05, 3.63) is 0 Å². The molecule has 1 heterocycles. The molecule has 3 atom stereocenters. The van der Waals surface area contributed by atoms with Crippen LogP contribution in [0.4, 0.5) is 0 Å². The average Bonchev–Trinajstić information content (AvgIpc) is 1.95. The Labute approximate surface area is 62.2 Å². The molecule has 0 aromatic rings. The molecule has 1 aliphatic heterocycles. The third-order valence-corrected chi connectivity index (χ3v) is 2.21. The molecule has 2 nitrogen and oxygen atoms in total. The Kier molecular flexibility index (Phi) is 2.69. The smallest absolute Gasteiger partial charge is 0.0612 e. The van der Waals surface area contributed by atoms with Gasteiger partial charge >= 0.3 is 0 Å². The topological polar surface area (TPSA) is 29.5 Å². The van der Waals surface area contributed by atoms with Crippen LogP contribution in [0.5, 0.6) is 0 Å². The molecule has 1 fully saturated rings.